The summed E-state index contributed by atoms with van der Waals surface area (Å²) in [6, 6.07) is 20.0. The zero-order chi connectivity index (χ0) is 13.8. The summed E-state index contributed by atoms with van der Waals surface area (Å²) in [6.45, 7) is 3.39. The Morgan fingerprint density at radius 3 is 2.30 bits per heavy atom. The van der Waals surface area contributed by atoms with Crippen molar-refractivity contribution in [2.75, 3.05) is 6.54 Å². The van der Waals surface area contributed by atoms with Crippen LogP contribution in [0.2, 0.25) is 0 Å². The summed E-state index contributed by atoms with van der Waals surface area (Å²) in [4.78, 5) is 0. The van der Waals surface area contributed by atoms with Crippen molar-refractivity contribution in [1.29, 1.82) is 0 Å². The summed E-state index contributed by atoms with van der Waals surface area (Å²) >= 11 is 0. The van der Waals surface area contributed by atoms with Gasteiger partial charge in [-0.3, -0.25) is 0 Å². The van der Waals surface area contributed by atoms with E-state index < -0.39 is 0 Å². The lowest BCUT2D eigenvalue weighted by Gasteiger charge is -2.25. The Labute approximate surface area is 121 Å². The van der Waals surface area contributed by atoms with Crippen molar-refractivity contribution in [1.82, 2.24) is 5.32 Å². The van der Waals surface area contributed by atoms with Gasteiger partial charge in [-0.25, -0.2) is 0 Å². The van der Waals surface area contributed by atoms with Crippen LogP contribution in [-0.4, -0.2) is 12.6 Å². The molecule has 1 heterocycles. The fourth-order valence-corrected chi connectivity index (χ4v) is 2.80. The van der Waals surface area contributed by atoms with Gasteiger partial charge in [-0.2, -0.15) is 0 Å². The third kappa shape index (κ3) is 2.83. The lowest BCUT2D eigenvalue weighted by atomic mass is 9.90. The predicted octanol–water partition coefficient (Wildman–Crippen LogP) is 4.38. The van der Waals surface area contributed by atoms with Gasteiger partial charge in [-0.05, 0) is 35.6 Å². The van der Waals surface area contributed by atoms with Crippen molar-refractivity contribution in [3.63, 3.8) is 0 Å². The van der Waals surface area contributed by atoms with E-state index in [2.05, 4.69) is 79.0 Å². The van der Waals surface area contributed by atoms with E-state index in [4.69, 9.17) is 0 Å². The van der Waals surface area contributed by atoms with Crippen LogP contribution in [0.3, 0.4) is 0 Å². The molecular weight excluding hydrogens is 242 g/mol. The molecule has 0 saturated carbocycles. The first-order valence-electron chi connectivity index (χ1n) is 7.40. The Kier molecular flexibility index (Phi) is 3.98. The molecule has 0 amide bonds. The van der Waals surface area contributed by atoms with E-state index in [9.17, 15) is 0 Å². The molecular formula is C19H21N. The highest BCUT2D eigenvalue weighted by Gasteiger charge is 2.17. The maximum Gasteiger partial charge on any atom is 0.0316 e. The molecule has 0 aliphatic carbocycles. The molecule has 20 heavy (non-hydrogen) atoms. The molecule has 0 saturated heterocycles. The van der Waals surface area contributed by atoms with Gasteiger partial charge in [0.2, 0.25) is 0 Å². The predicted molar refractivity (Wildman–Crippen MR) is 85.8 cm³/mol. The Bertz CT molecular complexity index is 568. The molecule has 0 unspecified atom stereocenters. The molecule has 2 aromatic carbocycles. The number of rotatable bonds is 3. The molecule has 102 valence electrons. The standard InChI is InChI=1S/C19H21N/c1-15(19-9-5-6-14-20-19)16-10-12-18(13-11-16)17-7-3-2-4-8-17/h2-5,7-13,15,19-20H,6,14H2,1H3/t15-,19+/m1/s1. The molecule has 0 spiro atoms. The minimum Gasteiger partial charge on any atom is -0.310 e. The van der Waals surface area contributed by atoms with Gasteiger partial charge in [-0.1, -0.05) is 73.7 Å². The van der Waals surface area contributed by atoms with Crippen molar-refractivity contribution in [3.05, 3.63) is 72.3 Å². The van der Waals surface area contributed by atoms with Crippen LogP contribution in [0, 0.1) is 0 Å². The fourth-order valence-electron chi connectivity index (χ4n) is 2.80. The smallest absolute Gasteiger partial charge is 0.0316 e. The van der Waals surface area contributed by atoms with Crippen molar-refractivity contribution >= 4 is 0 Å². The van der Waals surface area contributed by atoms with E-state index in [0.29, 0.717) is 12.0 Å². The van der Waals surface area contributed by atoms with Crippen LogP contribution in [0.4, 0.5) is 0 Å². The molecule has 1 nitrogen and oxygen atoms in total. The molecule has 2 atom stereocenters. The topological polar surface area (TPSA) is 12.0 Å². The van der Waals surface area contributed by atoms with Gasteiger partial charge >= 0.3 is 0 Å². The maximum atomic E-state index is 3.58. The largest absolute Gasteiger partial charge is 0.310 e. The molecule has 1 N–H and O–H groups in total. The van der Waals surface area contributed by atoms with E-state index in [1.165, 1.54) is 16.7 Å². The van der Waals surface area contributed by atoms with Gasteiger partial charge in [0.05, 0.1) is 0 Å². The fraction of sp³-hybridized carbons (Fsp3) is 0.263. The highest BCUT2D eigenvalue weighted by atomic mass is 14.9. The lowest BCUT2D eigenvalue weighted by Crippen LogP contribution is -2.34. The van der Waals surface area contributed by atoms with Crippen LogP contribution in [-0.2, 0) is 0 Å². The van der Waals surface area contributed by atoms with Crippen molar-refractivity contribution in [2.45, 2.75) is 25.3 Å². The summed E-state index contributed by atoms with van der Waals surface area (Å²) < 4.78 is 0. The number of hydrogen-bond donors (Lipinski definition) is 1. The van der Waals surface area contributed by atoms with E-state index in [-0.39, 0.29) is 0 Å². The van der Waals surface area contributed by atoms with E-state index >= 15 is 0 Å². The second-order valence-electron chi connectivity index (χ2n) is 5.47. The van der Waals surface area contributed by atoms with Crippen LogP contribution in [0.5, 0.6) is 0 Å². The lowest BCUT2D eigenvalue weighted by molar-refractivity contribution is 0.510. The zero-order valence-corrected chi connectivity index (χ0v) is 11.9. The minimum atomic E-state index is 0.464. The van der Waals surface area contributed by atoms with Gasteiger partial charge in [0, 0.05) is 6.04 Å². The average molecular weight is 263 g/mol. The van der Waals surface area contributed by atoms with Gasteiger partial charge < -0.3 is 5.32 Å². The summed E-state index contributed by atoms with van der Waals surface area (Å²) in [5.41, 5.74) is 3.96. The molecule has 0 fully saturated rings. The molecule has 1 heteroatoms. The Hall–Kier alpha value is -1.86. The van der Waals surface area contributed by atoms with Gasteiger partial charge in [-0.15, -0.1) is 0 Å². The van der Waals surface area contributed by atoms with Crippen molar-refractivity contribution < 1.29 is 0 Å². The molecule has 0 aromatic heterocycles. The zero-order valence-electron chi connectivity index (χ0n) is 11.9. The summed E-state index contributed by atoms with van der Waals surface area (Å²) in [5, 5.41) is 3.58. The number of hydrogen-bond acceptors (Lipinski definition) is 1. The third-order valence-electron chi connectivity index (χ3n) is 4.12. The third-order valence-corrected chi connectivity index (χ3v) is 4.12. The van der Waals surface area contributed by atoms with Crippen LogP contribution in [0.15, 0.2) is 66.7 Å². The second kappa shape index (κ2) is 6.06. The molecule has 3 rings (SSSR count). The average Bonchev–Trinajstić information content (AvgIpc) is 2.56. The first-order valence-corrected chi connectivity index (χ1v) is 7.40. The Balaban J connectivity index is 1.79. The van der Waals surface area contributed by atoms with Crippen LogP contribution in [0.25, 0.3) is 11.1 Å². The highest BCUT2D eigenvalue weighted by molar-refractivity contribution is 5.63. The Morgan fingerprint density at radius 2 is 1.65 bits per heavy atom. The molecule has 0 radical (unpaired) electrons. The first kappa shape index (κ1) is 13.1. The molecule has 2 aromatic rings. The number of benzene rings is 2. The van der Waals surface area contributed by atoms with Crippen LogP contribution < -0.4 is 5.32 Å². The summed E-state index contributed by atoms with van der Waals surface area (Å²) in [6.07, 6.45) is 5.74. The van der Waals surface area contributed by atoms with Gasteiger partial charge in [0.1, 0.15) is 0 Å². The quantitative estimate of drug-likeness (QED) is 0.811. The van der Waals surface area contributed by atoms with Gasteiger partial charge in [0.25, 0.3) is 0 Å². The van der Waals surface area contributed by atoms with E-state index in [0.717, 1.165) is 13.0 Å². The van der Waals surface area contributed by atoms with E-state index in [1.807, 2.05) is 0 Å². The molecule has 0 bridgehead atoms. The van der Waals surface area contributed by atoms with Gasteiger partial charge in [0.15, 0.2) is 0 Å². The molecule has 1 aliphatic rings. The SMILES string of the molecule is C[C@H](c1ccc(-c2ccccc2)cc1)[C@@H]1C=CCCN1. The van der Waals surface area contributed by atoms with Crippen molar-refractivity contribution in [3.8, 4) is 11.1 Å². The van der Waals surface area contributed by atoms with Crippen LogP contribution >= 0.6 is 0 Å². The van der Waals surface area contributed by atoms with Crippen LogP contribution in [0.1, 0.15) is 24.8 Å². The summed E-state index contributed by atoms with van der Waals surface area (Å²) in [5.74, 6) is 0.511. The second-order valence-corrected chi connectivity index (χ2v) is 5.47. The summed E-state index contributed by atoms with van der Waals surface area (Å²) in [7, 11) is 0. The normalized spacial score (nSPS) is 19.8. The minimum absolute atomic E-state index is 0.464. The van der Waals surface area contributed by atoms with Crippen molar-refractivity contribution in [2.24, 2.45) is 0 Å². The monoisotopic (exact) mass is 263 g/mol. The highest BCUT2D eigenvalue weighted by Crippen LogP contribution is 2.25. The number of nitrogens with one attached hydrogen (secondary N) is 1. The first-order chi connectivity index (χ1) is 9.84. The Morgan fingerprint density at radius 1 is 0.950 bits per heavy atom. The molecule has 1 aliphatic heterocycles. The van der Waals surface area contributed by atoms with E-state index in [1.54, 1.807) is 0 Å². The maximum absolute atomic E-state index is 3.58.